The maximum absolute atomic E-state index is 14.6. The molecule has 0 unspecified atom stereocenters. The zero-order valence-electron chi connectivity index (χ0n) is 61.9. The molecular weight excluding hydrogens is 1340 g/mol. The molecule has 0 heterocycles. The first-order valence-corrected chi connectivity index (χ1v) is 34.7. The van der Waals surface area contributed by atoms with Gasteiger partial charge in [-0.1, -0.05) is 75.7 Å². The molecule has 0 aromatic carbocycles. The highest BCUT2D eigenvalue weighted by Crippen LogP contribution is 2.16. The quantitative estimate of drug-likeness (QED) is 0.0153. The third kappa shape index (κ3) is 38.5. The second-order valence-corrected chi connectivity index (χ2v) is 26.7. The lowest BCUT2D eigenvalue weighted by atomic mass is 9.95. The molecule has 12 amide bonds. The second-order valence-electron chi connectivity index (χ2n) is 26.7. The minimum atomic E-state index is -1.43. The van der Waals surface area contributed by atoms with Crippen LogP contribution in [-0.2, 0) is 57.5 Å². The molecule has 40 nitrogen and oxygen atoms in total. The van der Waals surface area contributed by atoms with Gasteiger partial charge in [-0.3, -0.25) is 82.5 Å². The van der Waals surface area contributed by atoms with Crippen LogP contribution in [0.1, 0.15) is 160 Å². The van der Waals surface area contributed by atoms with Gasteiger partial charge in [-0.15, -0.1) is 0 Å². The first-order valence-electron chi connectivity index (χ1n) is 34.7. The first kappa shape index (κ1) is 93.0. The number of carbonyl (C=O) groups excluding carboxylic acids is 12. The Hall–Kier alpha value is -10.0. The molecule has 0 rings (SSSR count). The number of nitrogens with zero attached hydrogens (tertiary/aromatic N) is 5. The van der Waals surface area contributed by atoms with E-state index in [0.29, 0.717) is 12.8 Å². The van der Waals surface area contributed by atoms with Crippen LogP contribution in [0.2, 0.25) is 0 Å². The van der Waals surface area contributed by atoms with E-state index in [1.807, 2.05) is 13.8 Å². The molecule has 0 bridgehead atoms. The molecule has 0 aliphatic heterocycles. The van der Waals surface area contributed by atoms with E-state index in [0.717, 1.165) is 0 Å². The number of hydrogen-bond acceptors (Lipinski definition) is 18. The minimum absolute atomic E-state index is 0.00152. The lowest BCUT2D eigenvalue weighted by Gasteiger charge is -2.31. The monoisotopic (exact) mass is 1460 g/mol. The van der Waals surface area contributed by atoms with E-state index >= 15 is 0 Å². The van der Waals surface area contributed by atoms with Crippen LogP contribution in [-0.4, -0.2) is 206 Å². The number of amides is 12. The molecule has 0 fully saturated rings. The predicted molar refractivity (Wildman–Crippen MR) is 393 cm³/mol. The van der Waals surface area contributed by atoms with Gasteiger partial charge in [0, 0.05) is 32.7 Å². The average Bonchev–Trinajstić information content (AvgIpc) is 0.785. The summed E-state index contributed by atoms with van der Waals surface area (Å²) in [6, 6.07) is -15.4. The fraction of sp³-hybridized carbons (Fsp3) is 0.730. The van der Waals surface area contributed by atoms with Gasteiger partial charge in [0.05, 0.1) is 6.04 Å². The summed E-state index contributed by atoms with van der Waals surface area (Å²) in [5.74, 6) is -13.3. The summed E-state index contributed by atoms with van der Waals surface area (Å²) in [5, 5.41) is 29.1. The van der Waals surface area contributed by atoms with Gasteiger partial charge in [0.1, 0.15) is 66.5 Å². The highest BCUT2D eigenvalue weighted by atomic mass is 16.2. The Balaban J connectivity index is 7.00. The summed E-state index contributed by atoms with van der Waals surface area (Å²) in [4.78, 5) is 187. The van der Waals surface area contributed by atoms with Crippen LogP contribution in [0.15, 0.2) is 25.0 Å². The standard InChI is InChI=1S/C63H122N28O12/c1-13-34(10)46(58(103)86-41(23-18-28-80-63(74)75)53(98)88-43(31(4)5)55(100)82-36(12)48(93)83-38(47(65)92)20-15-25-77-60(68)69)91-57(102)45(33(8)9)90-56(101)44(32(6)7)89-52(97)40(22-17-27-79-62(72)73)85-51(96)39(21-16-26-78-61(70)71)84-49(94)35(11)81-54(99)42(29-30(2)3)87-50(95)37(64)19-14-24-76-59(66)67/h30-46H,13-29,64H2,1-12H3,(H2,65,92)(H,81,99)(H,82,100)(H,83,93)(H,84,94)(H,85,96)(H,86,103)(H,87,95)(H,88,98)(H,89,97)(H,90,101)(H,91,102)(H4,66,67,76)(H4,68,69,77)(H4,70,71,78)(H4,72,73,79)(H4,74,75,80)/t34-,35-,36-,37-,38-,39-,40-,41-,42-,43-,44-,45-,46-/m0/s1. The lowest BCUT2D eigenvalue weighted by Crippen LogP contribution is -2.62. The maximum atomic E-state index is 14.6. The highest BCUT2D eigenvalue weighted by molar-refractivity contribution is 5.99. The van der Waals surface area contributed by atoms with Crippen molar-refractivity contribution in [1.29, 1.82) is 0 Å². The van der Waals surface area contributed by atoms with E-state index in [-0.39, 0.29) is 133 Å². The molecule has 0 aromatic rings. The Labute approximate surface area is 603 Å². The van der Waals surface area contributed by atoms with Crippen LogP contribution in [0.3, 0.4) is 0 Å². The zero-order chi connectivity index (χ0) is 79.0. The van der Waals surface area contributed by atoms with Crippen molar-refractivity contribution >= 4 is 101 Å². The average molecular weight is 1460 g/mol. The van der Waals surface area contributed by atoms with Crippen LogP contribution in [0.5, 0.6) is 0 Å². The molecule has 103 heavy (non-hydrogen) atoms. The Morgan fingerprint density at radius 3 is 0.874 bits per heavy atom. The number of carbonyl (C=O) groups is 12. The SMILES string of the molecule is CC[C@H](C)[C@H](NC(=O)[C@@H](NC(=O)[C@@H](NC(=O)[C@H](CCCN=C(N)N)NC(=O)[C@H](CCCN=C(N)N)NC(=O)[C@H](C)NC(=O)[C@H](CC(C)C)NC(=O)[C@@H](N)CCCN=C(N)N)C(C)C)C(C)C)C(=O)N[C@@H](CCCN=C(N)N)C(=O)N[C@H](C(=O)N[C@@H](C)C(=O)N[C@@H](CCCN=C(N)N)C(N)=O)C(C)C. The molecule has 0 aliphatic carbocycles. The molecule has 0 spiro atoms. The van der Waals surface area contributed by atoms with Gasteiger partial charge in [0.2, 0.25) is 70.9 Å². The van der Waals surface area contributed by atoms with E-state index in [1.165, 1.54) is 13.8 Å². The van der Waals surface area contributed by atoms with Crippen LogP contribution in [0.25, 0.3) is 0 Å². The smallest absolute Gasteiger partial charge is 0.243 e. The van der Waals surface area contributed by atoms with E-state index in [9.17, 15) is 57.5 Å². The first-order chi connectivity index (χ1) is 48.0. The Morgan fingerprint density at radius 1 is 0.291 bits per heavy atom. The third-order valence-electron chi connectivity index (χ3n) is 16.0. The third-order valence-corrected chi connectivity index (χ3v) is 16.0. The maximum Gasteiger partial charge on any atom is 0.243 e. The van der Waals surface area contributed by atoms with Gasteiger partial charge in [0.25, 0.3) is 0 Å². The fourth-order valence-electron chi connectivity index (χ4n) is 9.91. The molecular formula is C63H122N28O12. The number of nitrogens with one attached hydrogen (secondary N) is 11. The summed E-state index contributed by atoms with van der Waals surface area (Å²) in [5.41, 5.74) is 66.5. The van der Waals surface area contributed by atoms with Gasteiger partial charge in [0.15, 0.2) is 29.8 Å². The predicted octanol–water partition coefficient (Wildman–Crippen LogP) is -7.50. The van der Waals surface area contributed by atoms with Crippen LogP contribution >= 0.6 is 0 Å². The summed E-state index contributed by atoms with van der Waals surface area (Å²) in [7, 11) is 0. The molecule has 13 atom stereocenters. The van der Waals surface area contributed by atoms with Crippen molar-refractivity contribution in [2.75, 3.05) is 32.7 Å². The number of rotatable bonds is 50. The van der Waals surface area contributed by atoms with Gasteiger partial charge in [-0.2, -0.15) is 0 Å². The molecule has 0 aliphatic rings. The van der Waals surface area contributed by atoms with E-state index in [2.05, 4.69) is 83.4 Å². The number of nitrogens with two attached hydrogens (primary N) is 12. The number of aliphatic imine (C=N–C) groups is 5. The van der Waals surface area contributed by atoms with Gasteiger partial charge in [-0.05, 0) is 114 Å². The van der Waals surface area contributed by atoms with Crippen molar-refractivity contribution in [3.8, 4) is 0 Å². The molecule has 586 valence electrons. The Morgan fingerprint density at radius 2 is 0.544 bits per heavy atom. The van der Waals surface area contributed by atoms with Crippen molar-refractivity contribution in [3.63, 3.8) is 0 Å². The fourth-order valence-corrected chi connectivity index (χ4v) is 9.91. The van der Waals surface area contributed by atoms with E-state index in [1.54, 1.807) is 55.4 Å². The number of guanidine groups is 5. The van der Waals surface area contributed by atoms with Crippen molar-refractivity contribution < 1.29 is 57.5 Å². The zero-order valence-corrected chi connectivity index (χ0v) is 61.9. The van der Waals surface area contributed by atoms with Crippen LogP contribution < -0.4 is 127 Å². The summed E-state index contributed by atoms with van der Waals surface area (Å²) < 4.78 is 0. The Kier molecular flexibility index (Phi) is 44.0. The van der Waals surface area contributed by atoms with E-state index < -0.39 is 167 Å². The van der Waals surface area contributed by atoms with E-state index in [4.69, 9.17) is 68.8 Å². The normalized spacial score (nSPS) is 14.9. The van der Waals surface area contributed by atoms with Crippen molar-refractivity contribution in [1.82, 2.24) is 58.5 Å². The summed E-state index contributed by atoms with van der Waals surface area (Å²) in [6.07, 6.45) is 1.46. The number of primary amides is 1. The molecule has 0 saturated heterocycles. The topological polar surface area (TPSA) is 711 Å². The highest BCUT2D eigenvalue weighted by Gasteiger charge is 2.38. The molecule has 0 radical (unpaired) electrons. The molecule has 35 N–H and O–H groups in total. The minimum Gasteiger partial charge on any atom is -0.370 e. The second kappa shape index (κ2) is 48.7. The van der Waals surface area contributed by atoms with Gasteiger partial charge < -0.3 is 127 Å². The largest absolute Gasteiger partial charge is 0.370 e. The Bertz CT molecular complexity index is 2920. The molecule has 40 heteroatoms. The van der Waals surface area contributed by atoms with Gasteiger partial charge in [-0.25, -0.2) is 0 Å². The molecule has 0 aromatic heterocycles. The van der Waals surface area contributed by atoms with Crippen LogP contribution in [0.4, 0.5) is 0 Å². The summed E-state index contributed by atoms with van der Waals surface area (Å²) >= 11 is 0. The van der Waals surface area contributed by atoms with Gasteiger partial charge >= 0.3 is 0 Å². The molecule has 0 saturated carbocycles. The summed E-state index contributed by atoms with van der Waals surface area (Å²) in [6.45, 7) is 19.9. The van der Waals surface area contributed by atoms with Crippen molar-refractivity contribution in [2.45, 2.75) is 233 Å². The van der Waals surface area contributed by atoms with Crippen LogP contribution in [0, 0.1) is 29.6 Å². The lowest BCUT2D eigenvalue weighted by molar-refractivity contribution is -0.137. The number of hydrogen-bond donors (Lipinski definition) is 23. The van der Waals surface area contributed by atoms with Crippen molar-refractivity contribution in [3.05, 3.63) is 0 Å². The van der Waals surface area contributed by atoms with Crippen molar-refractivity contribution in [2.24, 2.45) is 123 Å².